The van der Waals surface area contributed by atoms with Crippen molar-refractivity contribution in [2.24, 2.45) is 7.05 Å². The van der Waals surface area contributed by atoms with E-state index in [9.17, 15) is 14.0 Å². The Bertz CT molecular complexity index is 803. The average molecular weight is 332 g/mol. The first-order valence-corrected chi connectivity index (χ1v) is 7.43. The Hall–Kier alpha value is -2.90. The molecule has 2 amide bonds. The van der Waals surface area contributed by atoms with Gasteiger partial charge in [-0.3, -0.25) is 19.2 Å². The zero-order chi connectivity index (χ0) is 17.3. The number of nitrogens with one attached hydrogen (secondary N) is 1. The monoisotopic (exact) mass is 332 g/mol. The van der Waals surface area contributed by atoms with E-state index in [1.54, 1.807) is 11.7 Å². The van der Waals surface area contributed by atoms with Crippen LogP contribution in [0.2, 0.25) is 0 Å². The van der Waals surface area contributed by atoms with Crippen LogP contribution in [0, 0.1) is 12.7 Å². The van der Waals surface area contributed by atoms with Crippen molar-refractivity contribution in [2.45, 2.75) is 13.5 Å². The van der Waals surface area contributed by atoms with Crippen molar-refractivity contribution in [3.8, 4) is 5.75 Å². The predicted octanol–water partition coefficient (Wildman–Crippen LogP) is 0.909. The number of nitrogens with zero attached hydrogens (tertiary/aromatic N) is 3. The number of amides is 2. The Kier molecular flexibility index (Phi) is 4.20. The summed E-state index contributed by atoms with van der Waals surface area (Å²) in [6, 6.07) is 5.74. The summed E-state index contributed by atoms with van der Waals surface area (Å²) in [4.78, 5) is 25.4. The number of carbonyl (C=O) groups excluding carboxylic acids is 2. The van der Waals surface area contributed by atoms with Crippen LogP contribution in [0.5, 0.6) is 5.75 Å². The maximum Gasteiger partial charge on any atom is 0.265 e. The number of ether oxygens (including phenoxy) is 1. The molecule has 2 aromatic rings. The molecule has 0 unspecified atom stereocenters. The average Bonchev–Trinajstić information content (AvgIpc) is 2.86. The molecule has 3 rings (SSSR count). The van der Waals surface area contributed by atoms with Crippen molar-refractivity contribution in [2.75, 3.05) is 18.1 Å². The number of rotatable bonds is 4. The van der Waals surface area contributed by atoms with Crippen molar-refractivity contribution in [1.82, 2.24) is 15.1 Å². The van der Waals surface area contributed by atoms with Crippen molar-refractivity contribution >= 4 is 17.5 Å². The Morgan fingerprint density at radius 2 is 2.21 bits per heavy atom. The summed E-state index contributed by atoms with van der Waals surface area (Å²) < 4.78 is 20.4. The summed E-state index contributed by atoms with van der Waals surface area (Å²) in [5.41, 5.74) is 1.97. The topological polar surface area (TPSA) is 76.5 Å². The molecule has 0 fully saturated rings. The normalized spacial score (nSPS) is 13.5. The molecule has 126 valence electrons. The van der Waals surface area contributed by atoms with E-state index >= 15 is 0 Å². The Morgan fingerprint density at radius 1 is 1.42 bits per heavy atom. The number of aryl methyl sites for hydroxylation is 2. The molecule has 0 spiro atoms. The first-order chi connectivity index (χ1) is 11.4. The zero-order valence-electron chi connectivity index (χ0n) is 13.4. The van der Waals surface area contributed by atoms with Gasteiger partial charge in [0.15, 0.2) is 6.61 Å². The molecule has 1 N–H and O–H groups in total. The van der Waals surface area contributed by atoms with E-state index in [1.165, 1.54) is 23.1 Å². The van der Waals surface area contributed by atoms with Crippen LogP contribution in [0.3, 0.4) is 0 Å². The minimum Gasteiger partial charge on any atom is -0.482 e. The lowest BCUT2D eigenvalue weighted by Crippen LogP contribution is -2.45. The number of fused-ring (bicyclic) bond motifs is 1. The molecule has 7 nitrogen and oxygen atoms in total. The standard InChI is InChI=1S/C16H17FN4O3/c1-10-5-12(20(2)19-10)7-18-15(22)8-21-13-6-11(17)3-4-14(13)24-9-16(21)23/h3-6H,7-9H2,1-2H3,(H,18,22). The molecule has 0 aliphatic carbocycles. The van der Waals surface area contributed by atoms with E-state index in [0.717, 1.165) is 11.4 Å². The summed E-state index contributed by atoms with van der Waals surface area (Å²) >= 11 is 0. The van der Waals surface area contributed by atoms with E-state index in [-0.39, 0.29) is 30.7 Å². The summed E-state index contributed by atoms with van der Waals surface area (Å²) in [5.74, 6) is -0.854. The highest BCUT2D eigenvalue weighted by atomic mass is 19.1. The molecule has 1 aliphatic rings. The highest BCUT2D eigenvalue weighted by Crippen LogP contribution is 2.32. The van der Waals surface area contributed by atoms with Gasteiger partial charge < -0.3 is 10.1 Å². The van der Waals surface area contributed by atoms with Crippen LogP contribution < -0.4 is 15.0 Å². The second-order valence-electron chi connectivity index (χ2n) is 5.56. The van der Waals surface area contributed by atoms with E-state index in [1.807, 2.05) is 13.0 Å². The lowest BCUT2D eigenvalue weighted by Gasteiger charge is -2.28. The van der Waals surface area contributed by atoms with E-state index in [2.05, 4.69) is 10.4 Å². The fourth-order valence-corrected chi connectivity index (χ4v) is 2.57. The minimum absolute atomic E-state index is 0.174. The quantitative estimate of drug-likeness (QED) is 0.903. The van der Waals surface area contributed by atoms with Gasteiger partial charge in [-0.05, 0) is 25.1 Å². The molecule has 1 aromatic heterocycles. The number of aromatic nitrogens is 2. The molecule has 8 heteroatoms. The Labute approximate surface area is 138 Å². The van der Waals surface area contributed by atoms with Crippen LogP contribution in [0.1, 0.15) is 11.4 Å². The van der Waals surface area contributed by atoms with Gasteiger partial charge in [-0.2, -0.15) is 5.10 Å². The summed E-state index contributed by atoms with van der Waals surface area (Å²) in [6.07, 6.45) is 0. The third-order valence-corrected chi connectivity index (χ3v) is 3.73. The van der Waals surface area contributed by atoms with Gasteiger partial charge in [-0.15, -0.1) is 0 Å². The second kappa shape index (κ2) is 6.31. The molecular formula is C16H17FN4O3. The summed E-state index contributed by atoms with van der Waals surface area (Å²) in [5, 5.41) is 6.94. The van der Waals surface area contributed by atoms with Crippen LogP contribution in [-0.2, 0) is 23.2 Å². The maximum atomic E-state index is 13.4. The number of carbonyl (C=O) groups is 2. The molecule has 0 saturated carbocycles. The lowest BCUT2D eigenvalue weighted by atomic mass is 10.2. The van der Waals surface area contributed by atoms with E-state index < -0.39 is 5.82 Å². The van der Waals surface area contributed by atoms with Gasteiger partial charge in [0, 0.05) is 13.1 Å². The summed E-state index contributed by atoms with van der Waals surface area (Å²) in [7, 11) is 1.79. The van der Waals surface area contributed by atoms with Gasteiger partial charge in [0.1, 0.15) is 18.1 Å². The largest absolute Gasteiger partial charge is 0.482 e. The molecular weight excluding hydrogens is 315 g/mol. The van der Waals surface area contributed by atoms with Crippen LogP contribution in [0.15, 0.2) is 24.3 Å². The predicted molar refractivity (Wildman–Crippen MR) is 84.0 cm³/mol. The smallest absolute Gasteiger partial charge is 0.265 e. The number of halogens is 1. The SMILES string of the molecule is Cc1cc(CNC(=O)CN2C(=O)COc3ccc(F)cc32)n(C)n1. The second-order valence-corrected chi connectivity index (χ2v) is 5.56. The van der Waals surface area contributed by atoms with Gasteiger partial charge in [0.2, 0.25) is 5.91 Å². The van der Waals surface area contributed by atoms with Gasteiger partial charge in [-0.1, -0.05) is 0 Å². The molecule has 1 aliphatic heterocycles. The van der Waals surface area contributed by atoms with Crippen LogP contribution in [0.25, 0.3) is 0 Å². The highest BCUT2D eigenvalue weighted by molar-refractivity contribution is 6.02. The van der Waals surface area contributed by atoms with Gasteiger partial charge >= 0.3 is 0 Å². The molecule has 24 heavy (non-hydrogen) atoms. The van der Waals surface area contributed by atoms with Crippen molar-refractivity contribution < 1.29 is 18.7 Å². The zero-order valence-corrected chi connectivity index (χ0v) is 13.4. The van der Waals surface area contributed by atoms with Gasteiger partial charge in [0.25, 0.3) is 5.91 Å². The van der Waals surface area contributed by atoms with Crippen LogP contribution >= 0.6 is 0 Å². The number of hydrogen-bond donors (Lipinski definition) is 1. The summed E-state index contributed by atoms with van der Waals surface area (Å²) in [6.45, 7) is 1.79. The maximum absolute atomic E-state index is 13.4. The number of anilines is 1. The highest BCUT2D eigenvalue weighted by Gasteiger charge is 2.27. The molecule has 0 bridgehead atoms. The third kappa shape index (κ3) is 3.22. The molecule has 2 heterocycles. The molecule has 0 saturated heterocycles. The lowest BCUT2D eigenvalue weighted by molar-refractivity contribution is -0.125. The van der Waals surface area contributed by atoms with E-state index in [4.69, 9.17) is 4.74 Å². The Balaban J connectivity index is 1.69. The third-order valence-electron chi connectivity index (χ3n) is 3.73. The minimum atomic E-state index is -0.497. The van der Waals surface area contributed by atoms with Gasteiger partial charge in [-0.25, -0.2) is 4.39 Å². The fourth-order valence-electron chi connectivity index (χ4n) is 2.57. The van der Waals surface area contributed by atoms with Gasteiger partial charge in [0.05, 0.1) is 23.6 Å². The Morgan fingerprint density at radius 3 is 2.92 bits per heavy atom. The molecule has 0 atom stereocenters. The van der Waals surface area contributed by atoms with Crippen molar-refractivity contribution in [3.05, 3.63) is 41.5 Å². The van der Waals surface area contributed by atoms with Crippen molar-refractivity contribution in [3.63, 3.8) is 0 Å². The first-order valence-electron chi connectivity index (χ1n) is 7.43. The fraction of sp³-hybridized carbons (Fsp3) is 0.312. The van der Waals surface area contributed by atoms with Crippen LogP contribution in [0.4, 0.5) is 10.1 Å². The molecule has 0 radical (unpaired) electrons. The first kappa shape index (κ1) is 16.0. The van der Waals surface area contributed by atoms with Crippen LogP contribution in [-0.4, -0.2) is 34.7 Å². The number of benzene rings is 1. The van der Waals surface area contributed by atoms with Crippen molar-refractivity contribution in [1.29, 1.82) is 0 Å². The molecule has 1 aromatic carbocycles. The number of hydrogen-bond acceptors (Lipinski definition) is 4. The van der Waals surface area contributed by atoms with E-state index in [0.29, 0.717) is 12.3 Å².